The molecule has 2 aromatic rings. The minimum absolute atomic E-state index is 0.00262. The lowest BCUT2D eigenvalue weighted by atomic mass is 9.91. The minimum atomic E-state index is 0.00262. The zero-order valence-corrected chi connectivity index (χ0v) is 12.6. The first kappa shape index (κ1) is 13.4. The Morgan fingerprint density at radius 3 is 3.15 bits per heavy atom. The Morgan fingerprint density at radius 2 is 2.40 bits per heavy atom. The molecule has 2 aromatic heterocycles. The van der Waals surface area contributed by atoms with Crippen LogP contribution in [0.3, 0.4) is 0 Å². The third-order valence-corrected chi connectivity index (χ3v) is 4.93. The van der Waals surface area contributed by atoms with Crippen LogP contribution in [0.2, 0.25) is 0 Å². The highest BCUT2D eigenvalue weighted by molar-refractivity contribution is 7.11. The lowest BCUT2D eigenvalue weighted by Gasteiger charge is -2.21. The summed E-state index contributed by atoms with van der Waals surface area (Å²) in [6.45, 7) is 4.65. The molecular formula is C15H19N3OS. The summed E-state index contributed by atoms with van der Waals surface area (Å²) in [6, 6.07) is 1.82. The van der Waals surface area contributed by atoms with E-state index < -0.39 is 0 Å². The standard InChI is InChI=1S/C15H19N3OS/c1-9-12(6-7-16-9)15(19)17-8-11-4-3-5-13-14(11)18-10(2)20-13/h6-7,11,16H,3-5,8H2,1-2H3,(H,17,19). The smallest absolute Gasteiger partial charge is 0.253 e. The maximum atomic E-state index is 12.1. The van der Waals surface area contributed by atoms with E-state index in [1.54, 1.807) is 17.5 Å². The fraction of sp³-hybridized carbons (Fsp3) is 0.467. The molecule has 2 heterocycles. The van der Waals surface area contributed by atoms with Crippen LogP contribution < -0.4 is 5.32 Å². The molecule has 1 aliphatic carbocycles. The van der Waals surface area contributed by atoms with Crippen LogP contribution in [0.4, 0.5) is 0 Å². The number of aromatic amines is 1. The van der Waals surface area contributed by atoms with E-state index in [9.17, 15) is 4.79 Å². The van der Waals surface area contributed by atoms with Gasteiger partial charge in [-0.25, -0.2) is 4.98 Å². The number of amides is 1. The van der Waals surface area contributed by atoms with Gasteiger partial charge in [0.05, 0.1) is 16.3 Å². The van der Waals surface area contributed by atoms with Gasteiger partial charge >= 0.3 is 0 Å². The van der Waals surface area contributed by atoms with Gasteiger partial charge in [-0.15, -0.1) is 11.3 Å². The van der Waals surface area contributed by atoms with Crippen molar-refractivity contribution in [3.63, 3.8) is 0 Å². The van der Waals surface area contributed by atoms with Crippen LogP contribution in [-0.2, 0) is 6.42 Å². The Kier molecular flexibility index (Phi) is 3.61. The van der Waals surface area contributed by atoms with Crippen molar-refractivity contribution in [3.05, 3.63) is 39.1 Å². The van der Waals surface area contributed by atoms with Crippen molar-refractivity contribution >= 4 is 17.2 Å². The number of H-pyrrole nitrogens is 1. The summed E-state index contributed by atoms with van der Waals surface area (Å²) in [5.41, 5.74) is 2.86. The number of thiazole rings is 1. The highest BCUT2D eigenvalue weighted by atomic mass is 32.1. The molecule has 1 unspecified atom stereocenters. The van der Waals surface area contributed by atoms with E-state index in [-0.39, 0.29) is 5.91 Å². The molecule has 0 spiro atoms. The van der Waals surface area contributed by atoms with E-state index in [1.807, 2.05) is 13.0 Å². The summed E-state index contributed by atoms with van der Waals surface area (Å²) in [4.78, 5) is 21.2. The number of nitrogens with one attached hydrogen (secondary N) is 2. The van der Waals surface area contributed by atoms with Gasteiger partial charge in [-0.1, -0.05) is 0 Å². The van der Waals surface area contributed by atoms with Crippen LogP contribution in [0.15, 0.2) is 12.3 Å². The molecule has 2 N–H and O–H groups in total. The Hall–Kier alpha value is -1.62. The Balaban J connectivity index is 1.68. The van der Waals surface area contributed by atoms with Crippen molar-refractivity contribution in [1.82, 2.24) is 15.3 Å². The Bertz CT molecular complexity index is 629. The summed E-state index contributed by atoms with van der Waals surface area (Å²) in [5.74, 6) is 0.370. The van der Waals surface area contributed by atoms with Crippen molar-refractivity contribution in [2.24, 2.45) is 0 Å². The molecule has 0 fully saturated rings. The fourth-order valence-electron chi connectivity index (χ4n) is 2.84. The van der Waals surface area contributed by atoms with Gasteiger partial charge in [0.2, 0.25) is 0 Å². The molecule has 1 atom stereocenters. The number of aromatic nitrogens is 2. The summed E-state index contributed by atoms with van der Waals surface area (Å²) in [6.07, 6.45) is 5.25. The van der Waals surface area contributed by atoms with Gasteiger partial charge in [0.15, 0.2) is 0 Å². The van der Waals surface area contributed by atoms with Gasteiger partial charge in [-0.3, -0.25) is 4.79 Å². The SMILES string of the molecule is Cc1nc2c(s1)CCCC2CNC(=O)c1cc[nH]c1C. The monoisotopic (exact) mass is 289 g/mol. The topological polar surface area (TPSA) is 57.8 Å². The Labute approximate surface area is 122 Å². The number of carbonyl (C=O) groups is 1. The third-order valence-electron chi connectivity index (χ3n) is 3.89. The summed E-state index contributed by atoms with van der Waals surface area (Å²) in [7, 11) is 0. The number of fused-ring (bicyclic) bond motifs is 1. The summed E-state index contributed by atoms with van der Waals surface area (Å²) < 4.78 is 0. The quantitative estimate of drug-likeness (QED) is 0.912. The number of nitrogens with zero attached hydrogens (tertiary/aromatic N) is 1. The van der Waals surface area contributed by atoms with Crippen LogP contribution in [-0.4, -0.2) is 22.4 Å². The normalized spacial score (nSPS) is 17.8. The molecule has 106 valence electrons. The second-order valence-corrected chi connectivity index (χ2v) is 6.64. The second kappa shape index (κ2) is 5.40. The number of hydrogen-bond donors (Lipinski definition) is 2. The van der Waals surface area contributed by atoms with Gasteiger partial charge in [0.25, 0.3) is 5.91 Å². The molecule has 0 aliphatic heterocycles. The number of aryl methyl sites for hydroxylation is 3. The predicted molar refractivity (Wildman–Crippen MR) is 80.4 cm³/mol. The third kappa shape index (κ3) is 2.50. The predicted octanol–water partition coefficient (Wildman–Crippen LogP) is 2.94. The maximum absolute atomic E-state index is 12.1. The molecule has 1 aliphatic rings. The zero-order chi connectivity index (χ0) is 14.1. The molecule has 0 bridgehead atoms. The molecule has 3 rings (SSSR count). The van der Waals surface area contributed by atoms with E-state index in [1.165, 1.54) is 17.0 Å². The first-order valence-corrected chi connectivity index (χ1v) is 7.85. The van der Waals surface area contributed by atoms with Gasteiger partial charge in [0, 0.05) is 29.2 Å². The summed E-state index contributed by atoms with van der Waals surface area (Å²) >= 11 is 1.80. The lowest BCUT2D eigenvalue weighted by molar-refractivity contribution is 0.0949. The van der Waals surface area contributed by atoms with Crippen molar-refractivity contribution in [2.75, 3.05) is 6.54 Å². The molecule has 0 saturated heterocycles. The van der Waals surface area contributed by atoms with Crippen molar-refractivity contribution < 1.29 is 4.79 Å². The van der Waals surface area contributed by atoms with Gasteiger partial charge < -0.3 is 10.3 Å². The van der Waals surface area contributed by atoms with Crippen LogP contribution in [0.5, 0.6) is 0 Å². The van der Waals surface area contributed by atoms with Crippen LogP contribution in [0, 0.1) is 13.8 Å². The van der Waals surface area contributed by atoms with Crippen LogP contribution in [0.1, 0.15) is 50.4 Å². The summed E-state index contributed by atoms with van der Waals surface area (Å²) in [5, 5.41) is 4.19. The van der Waals surface area contributed by atoms with E-state index in [0.717, 1.165) is 29.1 Å². The number of rotatable bonds is 3. The Morgan fingerprint density at radius 1 is 1.55 bits per heavy atom. The molecular weight excluding hydrogens is 270 g/mol. The lowest BCUT2D eigenvalue weighted by Crippen LogP contribution is -2.30. The molecule has 0 saturated carbocycles. The highest BCUT2D eigenvalue weighted by Gasteiger charge is 2.24. The van der Waals surface area contributed by atoms with Gasteiger partial charge in [-0.05, 0) is 39.2 Å². The van der Waals surface area contributed by atoms with E-state index in [4.69, 9.17) is 0 Å². The van der Waals surface area contributed by atoms with Crippen molar-refractivity contribution in [3.8, 4) is 0 Å². The highest BCUT2D eigenvalue weighted by Crippen LogP contribution is 2.34. The molecule has 0 aromatic carbocycles. The minimum Gasteiger partial charge on any atom is -0.365 e. The molecule has 1 amide bonds. The van der Waals surface area contributed by atoms with Gasteiger partial charge in [0.1, 0.15) is 0 Å². The average molecular weight is 289 g/mol. The van der Waals surface area contributed by atoms with Gasteiger partial charge in [-0.2, -0.15) is 0 Å². The van der Waals surface area contributed by atoms with Crippen molar-refractivity contribution in [2.45, 2.75) is 39.0 Å². The fourth-order valence-corrected chi connectivity index (χ4v) is 3.90. The largest absolute Gasteiger partial charge is 0.365 e. The number of carbonyl (C=O) groups excluding carboxylic acids is 1. The number of hydrogen-bond acceptors (Lipinski definition) is 3. The zero-order valence-electron chi connectivity index (χ0n) is 11.8. The molecule has 4 nitrogen and oxygen atoms in total. The maximum Gasteiger partial charge on any atom is 0.253 e. The van der Waals surface area contributed by atoms with Crippen LogP contribution >= 0.6 is 11.3 Å². The molecule has 20 heavy (non-hydrogen) atoms. The van der Waals surface area contributed by atoms with E-state index >= 15 is 0 Å². The van der Waals surface area contributed by atoms with E-state index in [0.29, 0.717) is 12.5 Å². The second-order valence-electron chi connectivity index (χ2n) is 5.36. The molecule has 5 heteroatoms. The molecule has 0 radical (unpaired) electrons. The average Bonchev–Trinajstić information content (AvgIpc) is 3.00. The first-order chi connectivity index (χ1) is 9.65. The first-order valence-electron chi connectivity index (χ1n) is 7.03. The van der Waals surface area contributed by atoms with Crippen molar-refractivity contribution in [1.29, 1.82) is 0 Å². The van der Waals surface area contributed by atoms with E-state index in [2.05, 4.69) is 22.2 Å². The van der Waals surface area contributed by atoms with Crippen LogP contribution in [0.25, 0.3) is 0 Å².